The molecule has 0 radical (unpaired) electrons. The Labute approximate surface area is 212 Å². The summed E-state index contributed by atoms with van der Waals surface area (Å²) in [6, 6.07) is 12.0. The first-order chi connectivity index (χ1) is 16.9. The number of imidazole rings is 1. The van der Waals surface area contributed by atoms with Crippen LogP contribution >= 0.6 is 23.4 Å². The van der Waals surface area contributed by atoms with Crippen molar-refractivity contribution in [3.05, 3.63) is 94.3 Å². The molecule has 0 amide bonds. The van der Waals surface area contributed by atoms with Gasteiger partial charge in [0.25, 0.3) is 10.0 Å². The Balaban J connectivity index is 1.61. The van der Waals surface area contributed by atoms with Crippen LogP contribution in [0.25, 0.3) is 5.69 Å². The van der Waals surface area contributed by atoms with E-state index in [1.807, 2.05) is 0 Å². The van der Waals surface area contributed by atoms with Crippen molar-refractivity contribution in [2.24, 2.45) is 0 Å². The monoisotopic (exact) mass is 556 g/mol. The highest BCUT2D eigenvalue weighted by atomic mass is 35.5. The molecule has 2 heterocycles. The zero-order valence-corrected chi connectivity index (χ0v) is 20.4. The molecule has 4 rings (SSSR count). The minimum absolute atomic E-state index is 0.0326. The number of sulfonamides is 1. The second kappa shape index (κ2) is 9.91. The number of halogens is 4. The van der Waals surface area contributed by atoms with E-state index in [4.69, 9.17) is 11.6 Å². The molecule has 0 aliphatic rings. The fourth-order valence-corrected chi connectivity index (χ4v) is 5.04. The summed E-state index contributed by atoms with van der Waals surface area (Å²) in [5.41, 5.74) is -4.51. The molecule has 0 aliphatic heterocycles. The number of hydrogen-bond acceptors (Lipinski definition) is 6. The number of pyridine rings is 1. The predicted octanol–water partition coefficient (Wildman–Crippen LogP) is 4.85. The Kier molecular flexibility index (Phi) is 7.07. The molecule has 0 saturated carbocycles. The molecule has 14 heteroatoms. The third-order valence-corrected chi connectivity index (χ3v) is 7.26. The minimum Gasteiger partial charge on any atom is -0.493 e. The molecule has 8 nitrogen and oxygen atoms in total. The topological polar surface area (TPSA) is 106 Å². The maximum atomic E-state index is 13.0. The van der Waals surface area contributed by atoms with Gasteiger partial charge in [-0.3, -0.25) is 14.3 Å². The second-order valence-corrected chi connectivity index (χ2v) is 10.6. The largest absolute Gasteiger partial charge is 0.493 e. The van der Waals surface area contributed by atoms with Crippen LogP contribution in [0.3, 0.4) is 0 Å². The van der Waals surface area contributed by atoms with Crippen LogP contribution in [0, 0.1) is 0 Å². The van der Waals surface area contributed by atoms with Crippen LogP contribution in [0.5, 0.6) is 5.88 Å². The highest BCUT2D eigenvalue weighted by Gasteiger charge is 2.29. The molecule has 2 N–H and O–H groups in total. The van der Waals surface area contributed by atoms with E-state index in [1.165, 1.54) is 67.0 Å². The van der Waals surface area contributed by atoms with Crippen molar-refractivity contribution in [1.82, 2.24) is 14.1 Å². The third kappa shape index (κ3) is 5.86. The van der Waals surface area contributed by atoms with E-state index in [0.717, 1.165) is 15.3 Å². The van der Waals surface area contributed by atoms with Crippen LogP contribution in [0.15, 0.2) is 87.8 Å². The highest BCUT2D eigenvalue weighted by molar-refractivity contribution is 8.00. The number of alkyl halides is 3. The lowest BCUT2D eigenvalue weighted by Gasteiger charge is -2.12. The van der Waals surface area contributed by atoms with Gasteiger partial charge in [-0.1, -0.05) is 11.6 Å². The molecule has 0 atom stereocenters. The maximum absolute atomic E-state index is 13.0. The summed E-state index contributed by atoms with van der Waals surface area (Å²) in [5.74, 6) is -0.450. The number of nitrogens with zero attached hydrogens (tertiary/aromatic N) is 3. The van der Waals surface area contributed by atoms with Gasteiger partial charge in [0, 0.05) is 16.1 Å². The van der Waals surface area contributed by atoms with Crippen LogP contribution < -0.4 is 10.4 Å². The van der Waals surface area contributed by atoms with E-state index in [2.05, 4.69) is 9.71 Å². The van der Waals surface area contributed by atoms with Crippen LogP contribution in [0.4, 0.5) is 18.9 Å². The number of aromatic nitrogens is 3. The Bertz CT molecular complexity index is 1550. The standard InChI is InChI=1S/C22H16ClF3N4O4S2/c23-15-1-7-18(8-2-15)36(33,34)28-19-11-27-10-9-14(19)12-29-13-20(31)30(21(29)32)16-3-5-17(6-4-16)35-22(24,25)26/h1-11,13,28,31H,12H2. The number of anilines is 1. The molecule has 0 saturated heterocycles. The summed E-state index contributed by atoms with van der Waals surface area (Å²) in [6.07, 6.45) is 3.83. The molecule has 0 spiro atoms. The summed E-state index contributed by atoms with van der Waals surface area (Å²) < 4.78 is 67.7. The first kappa shape index (κ1) is 25.7. The SMILES string of the molecule is O=c1n(Cc2ccncc2NS(=O)(=O)c2ccc(Cl)cc2)cc(O)n1-c1ccc(SC(F)(F)F)cc1. The third-order valence-electron chi connectivity index (χ3n) is 4.89. The van der Waals surface area contributed by atoms with Gasteiger partial charge in [-0.25, -0.2) is 17.8 Å². The van der Waals surface area contributed by atoms with Crippen molar-refractivity contribution in [3.8, 4) is 11.6 Å². The highest BCUT2D eigenvalue weighted by Crippen LogP contribution is 2.37. The molecule has 2 aromatic heterocycles. The van der Waals surface area contributed by atoms with E-state index in [0.29, 0.717) is 10.6 Å². The van der Waals surface area contributed by atoms with Crippen molar-refractivity contribution in [2.45, 2.75) is 21.8 Å². The first-order valence-electron chi connectivity index (χ1n) is 10.0. The van der Waals surface area contributed by atoms with Crippen LogP contribution in [0.1, 0.15) is 5.56 Å². The quantitative estimate of drug-likeness (QED) is 0.315. The van der Waals surface area contributed by atoms with Crippen molar-refractivity contribution < 1.29 is 26.7 Å². The lowest BCUT2D eigenvalue weighted by Crippen LogP contribution is -2.24. The maximum Gasteiger partial charge on any atom is 0.446 e. The van der Waals surface area contributed by atoms with E-state index in [-0.39, 0.29) is 39.5 Å². The van der Waals surface area contributed by atoms with Gasteiger partial charge in [0.15, 0.2) is 0 Å². The summed E-state index contributed by atoms with van der Waals surface area (Å²) in [6.45, 7) is -0.137. The van der Waals surface area contributed by atoms with Gasteiger partial charge in [0.05, 0.1) is 35.2 Å². The van der Waals surface area contributed by atoms with E-state index < -0.39 is 27.1 Å². The van der Waals surface area contributed by atoms with Gasteiger partial charge in [-0.15, -0.1) is 0 Å². The molecular formula is C22H16ClF3N4O4S2. The van der Waals surface area contributed by atoms with Crippen molar-refractivity contribution in [1.29, 1.82) is 0 Å². The van der Waals surface area contributed by atoms with Gasteiger partial charge >= 0.3 is 11.2 Å². The minimum atomic E-state index is -4.46. The average molecular weight is 557 g/mol. The Morgan fingerprint density at radius 2 is 1.72 bits per heavy atom. The fraction of sp³-hybridized carbons (Fsp3) is 0.0909. The lowest BCUT2D eigenvalue weighted by molar-refractivity contribution is -0.0328. The summed E-state index contributed by atoms with van der Waals surface area (Å²) in [4.78, 5) is 16.8. The van der Waals surface area contributed by atoms with Crippen LogP contribution in [-0.4, -0.2) is 33.2 Å². The predicted molar refractivity (Wildman–Crippen MR) is 129 cm³/mol. The van der Waals surface area contributed by atoms with Gasteiger partial charge in [-0.05, 0) is 71.9 Å². The zero-order valence-electron chi connectivity index (χ0n) is 18.0. The molecule has 36 heavy (non-hydrogen) atoms. The number of nitrogens with one attached hydrogen (secondary N) is 1. The molecule has 2 aromatic carbocycles. The average Bonchev–Trinajstić information content (AvgIpc) is 3.07. The molecule has 0 aliphatic carbocycles. The molecule has 0 unspecified atom stereocenters. The smallest absolute Gasteiger partial charge is 0.446 e. The number of rotatable bonds is 7. The zero-order chi connectivity index (χ0) is 26.1. The lowest BCUT2D eigenvalue weighted by atomic mass is 10.2. The molecule has 188 valence electrons. The summed E-state index contributed by atoms with van der Waals surface area (Å²) >= 11 is 5.52. The van der Waals surface area contributed by atoms with Crippen LogP contribution in [0.2, 0.25) is 5.02 Å². The Morgan fingerprint density at radius 1 is 1.06 bits per heavy atom. The second-order valence-electron chi connectivity index (χ2n) is 7.37. The van der Waals surface area contributed by atoms with Crippen LogP contribution in [-0.2, 0) is 16.6 Å². The van der Waals surface area contributed by atoms with Gasteiger partial charge < -0.3 is 5.11 Å². The Morgan fingerprint density at radius 3 is 2.36 bits per heavy atom. The van der Waals surface area contributed by atoms with Gasteiger partial charge in [-0.2, -0.15) is 13.2 Å². The number of hydrogen-bond donors (Lipinski definition) is 2. The molecule has 4 aromatic rings. The summed E-state index contributed by atoms with van der Waals surface area (Å²) in [5, 5.41) is 10.7. The van der Waals surface area contributed by atoms with E-state index in [1.54, 1.807) is 0 Å². The summed E-state index contributed by atoms with van der Waals surface area (Å²) in [7, 11) is -3.99. The van der Waals surface area contributed by atoms with Gasteiger partial charge in [0.1, 0.15) is 0 Å². The van der Waals surface area contributed by atoms with Crippen molar-refractivity contribution in [3.63, 3.8) is 0 Å². The number of thioether (sulfide) groups is 1. The molecular weight excluding hydrogens is 541 g/mol. The molecule has 0 bridgehead atoms. The van der Waals surface area contributed by atoms with E-state index in [9.17, 15) is 31.5 Å². The Hall–Kier alpha value is -3.42. The fourth-order valence-electron chi connectivity index (χ4n) is 3.29. The molecule has 0 fully saturated rings. The van der Waals surface area contributed by atoms with Crippen molar-refractivity contribution >= 4 is 39.1 Å². The number of aromatic hydroxyl groups is 1. The normalized spacial score (nSPS) is 12.0. The van der Waals surface area contributed by atoms with Crippen molar-refractivity contribution in [2.75, 3.05) is 4.72 Å². The van der Waals surface area contributed by atoms with E-state index >= 15 is 0 Å². The number of benzene rings is 2. The van der Waals surface area contributed by atoms with Gasteiger partial charge in [0.2, 0.25) is 5.88 Å². The first-order valence-corrected chi connectivity index (χ1v) is 12.7.